The van der Waals surface area contributed by atoms with Crippen LogP contribution in [-0.2, 0) is 14.4 Å². The van der Waals surface area contributed by atoms with Crippen LogP contribution in [0.2, 0.25) is 0 Å². The van der Waals surface area contributed by atoms with E-state index in [2.05, 4.69) is 4.98 Å². The quantitative estimate of drug-likeness (QED) is 0.851. The molecule has 1 aliphatic carbocycles. The summed E-state index contributed by atoms with van der Waals surface area (Å²) >= 11 is 0. The van der Waals surface area contributed by atoms with Crippen molar-refractivity contribution in [2.45, 2.75) is 44.2 Å². The fourth-order valence-corrected chi connectivity index (χ4v) is 3.72. The number of nitrogens with zero attached hydrogens (tertiary/aromatic N) is 3. The summed E-state index contributed by atoms with van der Waals surface area (Å²) in [7, 11) is 0. The van der Waals surface area contributed by atoms with Crippen LogP contribution in [0.3, 0.4) is 0 Å². The number of carbonyl (C=O) groups excluding carboxylic acids is 2. The maximum Gasteiger partial charge on any atom is 0.251 e. The van der Waals surface area contributed by atoms with E-state index in [1.807, 2.05) is 17.0 Å². The summed E-state index contributed by atoms with van der Waals surface area (Å²) < 4.78 is 0. The minimum atomic E-state index is -0.228. The van der Waals surface area contributed by atoms with Gasteiger partial charge in [-0.15, -0.1) is 0 Å². The van der Waals surface area contributed by atoms with Gasteiger partial charge in [-0.05, 0) is 43.4 Å². The Kier molecular flexibility index (Phi) is 3.77. The molecule has 122 valence electrons. The molecule has 2 amide bonds. The van der Waals surface area contributed by atoms with E-state index in [9.17, 15) is 9.59 Å². The predicted octanol–water partition coefficient (Wildman–Crippen LogP) is 1.69. The zero-order valence-corrected chi connectivity index (χ0v) is 13.1. The molecule has 6 nitrogen and oxygen atoms in total. The summed E-state index contributed by atoms with van der Waals surface area (Å²) in [6.07, 6.45) is 7.45. The third-order valence-electron chi connectivity index (χ3n) is 4.94. The van der Waals surface area contributed by atoms with Crippen LogP contribution in [0.1, 0.15) is 43.7 Å². The van der Waals surface area contributed by atoms with Crippen molar-refractivity contribution in [1.29, 1.82) is 0 Å². The molecule has 1 aromatic rings. The number of hydrogen-bond acceptors (Lipinski definition) is 4. The number of pyridine rings is 1. The van der Waals surface area contributed by atoms with Gasteiger partial charge in [0, 0.05) is 24.9 Å². The Labute approximate surface area is 135 Å². The second-order valence-electron chi connectivity index (χ2n) is 6.53. The van der Waals surface area contributed by atoms with Crippen molar-refractivity contribution in [1.82, 2.24) is 14.9 Å². The van der Waals surface area contributed by atoms with E-state index in [-0.39, 0.29) is 29.8 Å². The Morgan fingerprint density at radius 1 is 1.22 bits per heavy atom. The van der Waals surface area contributed by atoms with E-state index in [1.165, 1.54) is 5.06 Å². The Balaban J connectivity index is 1.68. The van der Waals surface area contributed by atoms with Gasteiger partial charge in [0.15, 0.2) is 0 Å². The lowest BCUT2D eigenvalue weighted by molar-refractivity contribution is -0.178. The van der Waals surface area contributed by atoms with Gasteiger partial charge >= 0.3 is 0 Å². The fraction of sp³-hybridized carbons (Fsp3) is 0.588. The molecule has 0 bridgehead atoms. The number of amides is 2. The zero-order chi connectivity index (χ0) is 15.8. The van der Waals surface area contributed by atoms with E-state index in [0.29, 0.717) is 26.0 Å². The SMILES string of the molecule is O=C([C@H]1CCC(=O)N(C2CC2)[C@@H]1c1ccncc1)N1CCCO1. The minimum Gasteiger partial charge on any atom is -0.332 e. The summed E-state index contributed by atoms with van der Waals surface area (Å²) in [4.78, 5) is 36.9. The lowest BCUT2D eigenvalue weighted by Gasteiger charge is -2.41. The van der Waals surface area contributed by atoms with Gasteiger partial charge in [-0.1, -0.05) is 0 Å². The molecule has 0 radical (unpaired) electrons. The minimum absolute atomic E-state index is 0.0162. The highest BCUT2D eigenvalue weighted by Gasteiger charge is 2.47. The topological polar surface area (TPSA) is 62.7 Å². The number of carbonyl (C=O) groups is 2. The molecule has 3 heterocycles. The molecule has 2 saturated heterocycles. The van der Waals surface area contributed by atoms with Crippen molar-refractivity contribution < 1.29 is 14.4 Å². The number of hydroxylamine groups is 2. The van der Waals surface area contributed by atoms with Crippen molar-refractivity contribution in [3.05, 3.63) is 30.1 Å². The van der Waals surface area contributed by atoms with Crippen LogP contribution in [0.4, 0.5) is 0 Å². The normalized spacial score (nSPS) is 28.3. The first kappa shape index (κ1) is 14.6. The van der Waals surface area contributed by atoms with E-state index in [1.54, 1.807) is 12.4 Å². The molecule has 0 aromatic carbocycles. The molecule has 4 rings (SSSR count). The molecule has 0 unspecified atom stereocenters. The van der Waals surface area contributed by atoms with Crippen LogP contribution in [-0.4, -0.2) is 46.0 Å². The Morgan fingerprint density at radius 3 is 2.65 bits per heavy atom. The lowest BCUT2D eigenvalue weighted by atomic mass is 9.83. The molecule has 1 aromatic heterocycles. The van der Waals surface area contributed by atoms with Crippen LogP contribution in [0.25, 0.3) is 0 Å². The smallest absolute Gasteiger partial charge is 0.251 e. The molecule has 0 spiro atoms. The van der Waals surface area contributed by atoms with Gasteiger partial charge in [-0.25, -0.2) is 5.06 Å². The van der Waals surface area contributed by atoms with E-state index in [4.69, 9.17) is 4.84 Å². The largest absolute Gasteiger partial charge is 0.332 e. The highest BCUT2D eigenvalue weighted by atomic mass is 16.7. The maximum absolute atomic E-state index is 12.9. The van der Waals surface area contributed by atoms with Gasteiger partial charge in [0.2, 0.25) is 5.91 Å². The van der Waals surface area contributed by atoms with Crippen LogP contribution >= 0.6 is 0 Å². The van der Waals surface area contributed by atoms with Gasteiger partial charge in [0.25, 0.3) is 5.91 Å². The molecule has 1 saturated carbocycles. The summed E-state index contributed by atoms with van der Waals surface area (Å²) in [5.41, 5.74) is 0.998. The van der Waals surface area contributed by atoms with Crippen LogP contribution in [0.5, 0.6) is 0 Å². The third-order valence-corrected chi connectivity index (χ3v) is 4.94. The van der Waals surface area contributed by atoms with Crippen molar-refractivity contribution in [2.24, 2.45) is 5.92 Å². The first-order valence-corrected chi connectivity index (χ1v) is 8.41. The molecular formula is C17H21N3O3. The number of piperidine rings is 1. The van der Waals surface area contributed by atoms with Gasteiger partial charge in [-0.3, -0.25) is 19.4 Å². The van der Waals surface area contributed by atoms with Crippen molar-refractivity contribution in [3.8, 4) is 0 Å². The number of aromatic nitrogens is 1. The molecule has 3 aliphatic rings. The molecule has 2 atom stereocenters. The molecule has 0 N–H and O–H groups in total. The molecule has 2 aliphatic heterocycles. The maximum atomic E-state index is 12.9. The van der Waals surface area contributed by atoms with Crippen LogP contribution in [0, 0.1) is 5.92 Å². The van der Waals surface area contributed by atoms with Gasteiger partial charge in [0.1, 0.15) is 0 Å². The fourth-order valence-electron chi connectivity index (χ4n) is 3.72. The Morgan fingerprint density at radius 2 is 2.00 bits per heavy atom. The number of hydrogen-bond donors (Lipinski definition) is 0. The average Bonchev–Trinajstić information content (AvgIpc) is 3.27. The van der Waals surface area contributed by atoms with Crippen molar-refractivity contribution in [3.63, 3.8) is 0 Å². The molecule has 3 fully saturated rings. The van der Waals surface area contributed by atoms with Gasteiger partial charge < -0.3 is 4.90 Å². The van der Waals surface area contributed by atoms with Crippen LogP contribution in [0.15, 0.2) is 24.5 Å². The van der Waals surface area contributed by atoms with Crippen LogP contribution < -0.4 is 0 Å². The highest BCUT2D eigenvalue weighted by Crippen LogP contribution is 2.44. The van der Waals surface area contributed by atoms with E-state index in [0.717, 1.165) is 24.8 Å². The van der Waals surface area contributed by atoms with Gasteiger partial charge in [0.05, 0.1) is 25.1 Å². The summed E-state index contributed by atoms with van der Waals surface area (Å²) in [5.74, 6) is -0.0445. The summed E-state index contributed by atoms with van der Waals surface area (Å²) in [6, 6.07) is 3.94. The van der Waals surface area contributed by atoms with Crippen molar-refractivity contribution in [2.75, 3.05) is 13.2 Å². The third kappa shape index (κ3) is 2.72. The Hall–Kier alpha value is -1.95. The number of likely N-dealkylation sites (tertiary alicyclic amines) is 1. The standard InChI is InChI=1S/C17H21N3O3/c21-15-5-4-14(17(22)19-10-1-11-23-19)16(20(15)13-2-3-13)12-6-8-18-9-7-12/h6-9,13-14,16H,1-5,10-11H2/t14-,16+/m0/s1. The second kappa shape index (κ2) is 5.92. The van der Waals surface area contributed by atoms with Crippen molar-refractivity contribution >= 4 is 11.8 Å². The lowest BCUT2D eigenvalue weighted by Crippen LogP contribution is -2.49. The predicted molar refractivity (Wildman–Crippen MR) is 81.9 cm³/mol. The molecule has 23 heavy (non-hydrogen) atoms. The van der Waals surface area contributed by atoms with E-state index >= 15 is 0 Å². The Bertz CT molecular complexity index is 596. The summed E-state index contributed by atoms with van der Waals surface area (Å²) in [6.45, 7) is 1.25. The molecular weight excluding hydrogens is 294 g/mol. The van der Waals surface area contributed by atoms with E-state index < -0.39 is 0 Å². The first-order valence-electron chi connectivity index (χ1n) is 8.41. The molecule has 6 heteroatoms. The number of rotatable bonds is 3. The highest BCUT2D eigenvalue weighted by molar-refractivity contribution is 5.85. The van der Waals surface area contributed by atoms with Gasteiger partial charge in [-0.2, -0.15) is 0 Å². The zero-order valence-electron chi connectivity index (χ0n) is 13.1. The average molecular weight is 315 g/mol. The monoisotopic (exact) mass is 315 g/mol. The first-order chi connectivity index (χ1) is 11.3. The second-order valence-corrected chi connectivity index (χ2v) is 6.53. The summed E-state index contributed by atoms with van der Waals surface area (Å²) in [5, 5.41) is 1.50.